The predicted octanol–water partition coefficient (Wildman–Crippen LogP) is 1.93. The van der Waals surface area contributed by atoms with Gasteiger partial charge in [-0.2, -0.15) is 0 Å². The first-order valence-corrected chi connectivity index (χ1v) is 6.69. The van der Waals surface area contributed by atoms with Gasteiger partial charge < -0.3 is 15.2 Å². The van der Waals surface area contributed by atoms with Crippen molar-refractivity contribution in [2.75, 3.05) is 13.2 Å². The van der Waals surface area contributed by atoms with Crippen molar-refractivity contribution in [3.63, 3.8) is 0 Å². The molecule has 2 rings (SSSR count). The third kappa shape index (κ3) is 4.85. The second-order valence-corrected chi connectivity index (χ2v) is 5.01. The second kappa shape index (κ2) is 8.34. The summed E-state index contributed by atoms with van der Waals surface area (Å²) in [5.74, 6) is 0.821. The van der Waals surface area contributed by atoms with Crippen LogP contribution < -0.4 is 10.1 Å². The van der Waals surface area contributed by atoms with E-state index in [0.717, 1.165) is 16.5 Å². The van der Waals surface area contributed by atoms with Gasteiger partial charge in [0.25, 0.3) is 0 Å². The monoisotopic (exact) mass is 267 g/mol. The zero-order chi connectivity index (χ0) is 13.7. The molecule has 1 atom stereocenters. The summed E-state index contributed by atoms with van der Waals surface area (Å²) in [7, 11) is 0. The first-order chi connectivity index (χ1) is 9.16. The fourth-order valence-corrected chi connectivity index (χ4v) is 1.94. The molecule has 0 aliphatic carbocycles. The van der Waals surface area contributed by atoms with E-state index in [9.17, 15) is 5.11 Å². The van der Waals surface area contributed by atoms with E-state index >= 15 is 0 Å². The summed E-state index contributed by atoms with van der Waals surface area (Å²) < 4.78 is 5.72. The molecule has 0 fully saturated rings. The number of benzene rings is 2. The Morgan fingerprint density at radius 2 is 1.80 bits per heavy atom. The van der Waals surface area contributed by atoms with Crippen LogP contribution in [0.25, 0.3) is 10.8 Å². The summed E-state index contributed by atoms with van der Waals surface area (Å²) in [6, 6.07) is 14.4. The zero-order valence-corrected chi connectivity index (χ0v) is 11.5. The van der Waals surface area contributed by atoms with Crippen LogP contribution in [0.3, 0.4) is 0 Å². The average Bonchev–Trinajstić information content (AvgIpc) is 2.42. The van der Waals surface area contributed by atoms with Crippen LogP contribution in [0, 0.1) is 0 Å². The molecule has 0 aromatic heterocycles. The minimum absolute atomic E-state index is 0. The molecule has 1 unspecified atom stereocenters. The Bertz CT molecular complexity index is 525. The second-order valence-electron chi connectivity index (χ2n) is 5.01. The molecule has 0 aliphatic heterocycles. The topological polar surface area (TPSA) is 41.5 Å². The van der Waals surface area contributed by atoms with E-state index in [4.69, 9.17) is 4.74 Å². The van der Waals surface area contributed by atoms with Gasteiger partial charge in [-0.15, -0.1) is 0 Å². The maximum absolute atomic E-state index is 9.84. The molecule has 20 heavy (non-hydrogen) atoms. The van der Waals surface area contributed by atoms with Crippen molar-refractivity contribution < 1.29 is 9.84 Å². The standard InChI is InChI=1S/C16H21NO2.Li.H/c1-12(2)17-10-14(18)11-19-16-9-5-7-13-6-3-4-8-15(13)16;;/h3-9,12,14,17-18H,10-11H2,1-2H3;;. The summed E-state index contributed by atoms with van der Waals surface area (Å²) in [6.45, 7) is 4.95. The van der Waals surface area contributed by atoms with E-state index in [1.165, 1.54) is 0 Å². The van der Waals surface area contributed by atoms with E-state index in [-0.39, 0.29) is 18.9 Å². The van der Waals surface area contributed by atoms with Crippen LogP contribution in [0.1, 0.15) is 13.8 Å². The fourth-order valence-electron chi connectivity index (χ4n) is 1.94. The fraction of sp³-hybridized carbons (Fsp3) is 0.375. The Balaban J connectivity index is 0.00000200. The van der Waals surface area contributed by atoms with Crippen LogP contribution in [0.2, 0.25) is 0 Å². The molecule has 0 saturated heterocycles. The van der Waals surface area contributed by atoms with Gasteiger partial charge in [-0.05, 0) is 11.5 Å². The molecule has 0 aliphatic rings. The van der Waals surface area contributed by atoms with Crippen molar-refractivity contribution in [1.82, 2.24) is 5.32 Å². The van der Waals surface area contributed by atoms with Gasteiger partial charge in [0.15, 0.2) is 0 Å². The molecular weight excluding hydrogens is 245 g/mol. The molecule has 0 spiro atoms. The van der Waals surface area contributed by atoms with Crippen molar-refractivity contribution >= 4 is 29.6 Å². The molecule has 0 radical (unpaired) electrons. The van der Waals surface area contributed by atoms with Crippen molar-refractivity contribution in [3.8, 4) is 5.75 Å². The number of hydrogen-bond acceptors (Lipinski definition) is 3. The van der Waals surface area contributed by atoms with Gasteiger partial charge in [0, 0.05) is 18.0 Å². The van der Waals surface area contributed by atoms with Crippen LogP contribution in [-0.4, -0.2) is 49.3 Å². The number of hydrogen-bond donors (Lipinski definition) is 2. The number of rotatable bonds is 6. The molecule has 0 saturated carbocycles. The van der Waals surface area contributed by atoms with Gasteiger partial charge in [0.1, 0.15) is 18.5 Å². The Morgan fingerprint density at radius 3 is 2.55 bits per heavy atom. The molecule has 2 aromatic rings. The van der Waals surface area contributed by atoms with Crippen molar-refractivity contribution in [2.24, 2.45) is 0 Å². The van der Waals surface area contributed by atoms with E-state index in [1.807, 2.05) is 30.3 Å². The van der Waals surface area contributed by atoms with E-state index < -0.39 is 6.10 Å². The number of aliphatic hydroxyl groups excluding tert-OH is 1. The van der Waals surface area contributed by atoms with Crippen molar-refractivity contribution in [3.05, 3.63) is 42.5 Å². The van der Waals surface area contributed by atoms with Gasteiger partial charge in [0.05, 0.1) is 0 Å². The normalized spacial score (nSPS) is 12.2. The van der Waals surface area contributed by atoms with Gasteiger partial charge in [-0.25, -0.2) is 0 Å². The quantitative estimate of drug-likeness (QED) is 0.786. The molecule has 4 heteroatoms. The average molecular weight is 267 g/mol. The van der Waals surface area contributed by atoms with Crippen molar-refractivity contribution in [2.45, 2.75) is 26.0 Å². The zero-order valence-electron chi connectivity index (χ0n) is 11.5. The van der Waals surface area contributed by atoms with E-state index in [0.29, 0.717) is 19.2 Å². The van der Waals surface area contributed by atoms with Gasteiger partial charge in [0.2, 0.25) is 0 Å². The molecular formula is C16H22LiNO2. The summed E-state index contributed by atoms with van der Waals surface area (Å²) in [5.41, 5.74) is 0. The summed E-state index contributed by atoms with van der Waals surface area (Å²) in [6.07, 6.45) is -0.499. The Kier molecular flexibility index (Phi) is 7.12. The minimum atomic E-state index is -0.499. The first kappa shape index (κ1) is 17.1. The van der Waals surface area contributed by atoms with Gasteiger partial charge >= 0.3 is 18.9 Å². The maximum atomic E-state index is 9.84. The SMILES string of the molecule is CC(C)NCC(O)COc1cccc2ccccc12.[LiH]. The third-order valence-corrected chi connectivity index (χ3v) is 2.94. The molecule has 0 bridgehead atoms. The van der Waals surface area contributed by atoms with Gasteiger partial charge in [-0.3, -0.25) is 0 Å². The Morgan fingerprint density at radius 1 is 1.10 bits per heavy atom. The number of ether oxygens (including phenoxy) is 1. The molecule has 3 nitrogen and oxygen atoms in total. The first-order valence-electron chi connectivity index (χ1n) is 6.69. The molecule has 0 amide bonds. The molecule has 0 heterocycles. The molecule has 2 N–H and O–H groups in total. The van der Waals surface area contributed by atoms with E-state index in [1.54, 1.807) is 0 Å². The van der Waals surface area contributed by atoms with Crippen molar-refractivity contribution in [1.29, 1.82) is 0 Å². The summed E-state index contributed by atoms with van der Waals surface area (Å²) in [4.78, 5) is 0. The summed E-state index contributed by atoms with van der Waals surface area (Å²) >= 11 is 0. The van der Waals surface area contributed by atoms with Crippen LogP contribution >= 0.6 is 0 Å². The van der Waals surface area contributed by atoms with E-state index in [2.05, 4.69) is 31.3 Å². The van der Waals surface area contributed by atoms with Crippen LogP contribution in [-0.2, 0) is 0 Å². The Labute approximate surface area is 132 Å². The third-order valence-electron chi connectivity index (χ3n) is 2.94. The number of nitrogens with one attached hydrogen (secondary N) is 1. The number of aliphatic hydroxyl groups is 1. The van der Waals surface area contributed by atoms with Gasteiger partial charge in [-0.1, -0.05) is 50.2 Å². The molecule has 2 aromatic carbocycles. The predicted molar refractivity (Wildman–Crippen MR) is 85.7 cm³/mol. The summed E-state index contributed by atoms with van der Waals surface area (Å²) in [5, 5.41) is 15.3. The van der Waals surface area contributed by atoms with Crippen LogP contribution in [0.15, 0.2) is 42.5 Å². The van der Waals surface area contributed by atoms with Crippen LogP contribution in [0.5, 0.6) is 5.75 Å². The molecule has 104 valence electrons. The number of fused-ring (bicyclic) bond motifs is 1. The Hall–Kier alpha value is -0.983. The van der Waals surface area contributed by atoms with Crippen LogP contribution in [0.4, 0.5) is 0 Å².